The van der Waals surface area contributed by atoms with Gasteiger partial charge in [0.05, 0.1) is 44.3 Å². The van der Waals surface area contributed by atoms with Crippen molar-refractivity contribution in [1.82, 2.24) is 0 Å². The molecule has 0 bridgehead atoms. The van der Waals surface area contributed by atoms with Crippen molar-refractivity contribution in [1.29, 1.82) is 0 Å². The molecule has 0 saturated heterocycles. The van der Waals surface area contributed by atoms with Gasteiger partial charge in [-0.15, -0.1) is 0 Å². The summed E-state index contributed by atoms with van der Waals surface area (Å²) in [4.78, 5) is 0. The molecule has 2 rings (SSSR count). The smallest absolute Gasteiger partial charge is 0.142 e. The van der Waals surface area contributed by atoms with Crippen LogP contribution in [0.1, 0.15) is 32.6 Å². The van der Waals surface area contributed by atoms with E-state index >= 15 is 0 Å². The summed E-state index contributed by atoms with van der Waals surface area (Å²) in [6.45, 7) is 5.23. The largest absolute Gasteiger partial charge is 0.488 e. The Bertz CT molecular complexity index is 476. The molecule has 0 atom stereocenters. The van der Waals surface area contributed by atoms with Crippen LogP contribution in [-0.4, -0.2) is 45.2 Å². The first-order valence-electron chi connectivity index (χ1n) is 8.77. The zero-order valence-electron chi connectivity index (χ0n) is 14.5. The average Bonchev–Trinajstić information content (AvgIpc) is 2.58. The maximum absolute atomic E-state index is 6.00. The van der Waals surface area contributed by atoms with E-state index in [0.29, 0.717) is 43.9 Å². The molecule has 4 N–H and O–H groups in total. The standard InChI is InChI=1S/C18H30N2O4/c1-2-21-9-10-22-11-12-23-15-4-6-16(7-5-15)24-18-8-3-14(19)13-17(18)20/h3,8,13,15-16H,2,4-7,9-12,19-20H2,1H3. The monoisotopic (exact) mass is 338 g/mol. The Balaban J connectivity index is 1.58. The molecule has 1 aromatic carbocycles. The Morgan fingerprint density at radius 1 is 0.917 bits per heavy atom. The molecule has 6 nitrogen and oxygen atoms in total. The van der Waals surface area contributed by atoms with Crippen molar-refractivity contribution in [3.8, 4) is 5.75 Å². The molecule has 0 aliphatic heterocycles. The quantitative estimate of drug-likeness (QED) is 0.503. The van der Waals surface area contributed by atoms with Gasteiger partial charge in [0.15, 0.2) is 0 Å². The number of ether oxygens (including phenoxy) is 4. The lowest BCUT2D eigenvalue weighted by Crippen LogP contribution is -2.29. The molecular formula is C18H30N2O4. The van der Waals surface area contributed by atoms with Crippen LogP contribution in [-0.2, 0) is 14.2 Å². The maximum Gasteiger partial charge on any atom is 0.142 e. The molecule has 0 radical (unpaired) electrons. The highest BCUT2D eigenvalue weighted by molar-refractivity contribution is 5.60. The molecule has 0 amide bonds. The molecular weight excluding hydrogens is 308 g/mol. The molecule has 136 valence electrons. The third kappa shape index (κ3) is 6.55. The summed E-state index contributed by atoms with van der Waals surface area (Å²) in [5.74, 6) is 0.719. The SMILES string of the molecule is CCOCCOCCOC1CCC(Oc2ccc(N)cc2N)CC1. The van der Waals surface area contributed by atoms with Crippen LogP contribution in [0.3, 0.4) is 0 Å². The second-order valence-electron chi connectivity index (χ2n) is 5.99. The normalized spacial score (nSPS) is 20.9. The van der Waals surface area contributed by atoms with Crippen molar-refractivity contribution in [2.24, 2.45) is 0 Å². The number of rotatable bonds is 10. The third-order valence-corrected chi connectivity index (χ3v) is 4.11. The van der Waals surface area contributed by atoms with Crippen molar-refractivity contribution < 1.29 is 18.9 Å². The highest BCUT2D eigenvalue weighted by Gasteiger charge is 2.23. The van der Waals surface area contributed by atoms with Crippen molar-refractivity contribution >= 4 is 11.4 Å². The van der Waals surface area contributed by atoms with Gasteiger partial charge >= 0.3 is 0 Å². The van der Waals surface area contributed by atoms with Crippen LogP contribution in [0.5, 0.6) is 5.75 Å². The molecule has 1 aromatic rings. The number of hydrogen-bond donors (Lipinski definition) is 2. The fourth-order valence-electron chi connectivity index (χ4n) is 2.81. The summed E-state index contributed by atoms with van der Waals surface area (Å²) in [6.07, 6.45) is 4.43. The molecule has 1 aliphatic carbocycles. The van der Waals surface area contributed by atoms with E-state index < -0.39 is 0 Å². The van der Waals surface area contributed by atoms with Gasteiger partial charge in [0.1, 0.15) is 5.75 Å². The van der Waals surface area contributed by atoms with Crippen molar-refractivity contribution in [2.75, 3.05) is 44.5 Å². The lowest BCUT2D eigenvalue weighted by Gasteiger charge is -2.29. The van der Waals surface area contributed by atoms with E-state index in [1.54, 1.807) is 6.07 Å². The topological polar surface area (TPSA) is 89.0 Å². The Labute approximate surface area is 144 Å². The zero-order chi connectivity index (χ0) is 17.2. The third-order valence-electron chi connectivity index (χ3n) is 4.11. The van der Waals surface area contributed by atoms with Crippen LogP contribution < -0.4 is 16.2 Å². The summed E-state index contributed by atoms with van der Waals surface area (Å²) >= 11 is 0. The van der Waals surface area contributed by atoms with Crippen LogP contribution in [0.4, 0.5) is 11.4 Å². The van der Waals surface area contributed by atoms with E-state index in [9.17, 15) is 0 Å². The average molecular weight is 338 g/mol. The van der Waals surface area contributed by atoms with Gasteiger partial charge in [-0.1, -0.05) is 0 Å². The number of anilines is 2. The highest BCUT2D eigenvalue weighted by atomic mass is 16.5. The number of nitrogens with two attached hydrogens (primary N) is 2. The summed E-state index contributed by atoms with van der Waals surface area (Å²) in [5, 5.41) is 0. The molecule has 1 aliphatic rings. The van der Waals surface area contributed by atoms with E-state index in [1.807, 2.05) is 19.1 Å². The molecule has 0 unspecified atom stereocenters. The molecule has 6 heteroatoms. The number of benzene rings is 1. The van der Waals surface area contributed by atoms with Crippen LogP contribution >= 0.6 is 0 Å². The fourth-order valence-corrected chi connectivity index (χ4v) is 2.81. The number of hydrogen-bond acceptors (Lipinski definition) is 6. The van der Waals surface area contributed by atoms with Crippen molar-refractivity contribution in [3.05, 3.63) is 18.2 Å². The van der Waals surface area contributed by atoms with Crippen LogP contribution in [0.2, 0.25) is 0 Å². The zero-order valence-corrected chi connectivity index (χ0v) is 14.5. The summed E-state index contributed by atoms with van der Waals surface area (Å²) < 4.78 is 22.5. The van der Waals surface area contributed by atoms with Gasteiger partial charge in [-0.25, -0.2) is 0 Å². The Hall–Kier alpha value is -1.50. The predicted octanol–water partition coefficient (Wildman–Crippen LogP) is 2.61. The van der Waals surface area contributed by atoms with Gasteiger partial charge in [-0.3, -0.25) is 0 Å². The lowest BCUT2D eigenvalue weighted by atomic mass is 9.95. The second-order valence-corrected chi connectivity index (χ2v) is 5.99. The van der Waals surface area contributed by atoms with Gasteiger partial charge in [-0.05, 0) is 50.8 Å². The maximum atomic E-state index is 6.00. The lowest BCUT2D eigenvalue weighted by molar-refractivity contribution is -0.0323. The Morgan fingerprint density at radius 2 is 1.58 bits per heavy atom. The molecule has 0 aromatic heterocycles. The first-order valence-corrected chi connectivity index (χ1v) is 8.77. The summed E-state index contributed by atoms with van der Waals surface area (Å²) in [6, 6.07) is 5.38. The van der Waals surface area contributed by atoms with Gasteiger partial charge in [0, 0.05) is 12.3 Å². The van der Waals surface area contributed by atoms with Crippen LogP contribution in [0.25, 0.3) is 0 Å². The minimum Gasteiger partial charge on any atom is -0.488 e. The molecule has 0 spiro atoms. The molecule has 24 heavy (non-hydrogen) atoms. The first-order chi connectivity index (χ1) is 11.7. The van der Waals surface area contributed by atoms with E-state index in [4.69, 9.17) is 30.4 Å². The molecule has 0 heterocycles. The van der Waals surface area contributed by atoms with Gasteiger partial charge in [0.25, 0.3) is 0 Å². The summed E-state index contributed by atoms with van der Waals surface area (Å²) in [7, 11) is 0. The Kier molecular flexibility index (Phi) is 8.15. The fraction of sp³-hybridized carbons (Fsp3) is 0.667. The minimum atomic E-state index is 0.193. The second kappa shape index (κ2) is 10.4. The molecule has 1 saturated carbocycles. The van der Waals surface area contributed by atoms with E-state index in [0.717, 1.165) is 38.0 Å². The van der Waals surface area contributed by atoms with Crippen molar-refractivity contribution in [3.63, 3.8) is 0 Å². The van der Waals surface area contributed by atoms with Gasteiger partial charge < -0.3 is 30.4 Å². The summed E-state index contributed by atoms with van der Waals surface area (Å²) in [5.41, 5.74) is 12.9. The Morgan fingerprint density at radius 3 is 2.29 bits per heavy atom. The van der Waals surface area contributed by atoms with Crippen LogP contribution in [0.15, 0.2) is 18.2 Å². The van der Waals surface area contributed by atoms with E-state index in [1.165, 1.54) is 0 Å². The van der Waals surface area contributed by atoms with Gasteiger partial charge in [-0.2, -0.15) is 0 Å². The van der Waals surface area contributed by atoms with E-state index in [-0.39, 0.29) is 6.10 Å². The van der Waals surface area contributed by atoms with Crippen molar-refractivity contribution in [2.45, 2.75) is 44.8 Å². The predicted molar refractivity (Wildman–Crippen MR) is 95.2 cm³/mol. The molecule has 1 fully saturated rings. The van der Waals surface area contributed by atoms with Gasteiger partial charge in [0.2, 0.25) is 0 Å². The highest BCUT2D eigenvalue weighted by Crippen LogP contribution is 2.29. The minimum absolute atomic E-state index is 0.193. The number of nitrogen functional groups attached to an aromatic ring is 2. The van der Waals surface area contributed by atoms with E-state index in [2.05, 4.69) is 0 Å². The van der Waals surface area contributed by atoms with Crippen LogP contribution in [0, 0.1) is 0 Å². The first kappa shape index (κ1) is 18.8.